The molecule has 3 rings (SSSR count). The van der Waals surface area contributed by atoms with Gasteiger partial charge in [0.1, 0.15) is 0 Å². The molecule has 1 aromatic heterocycles. The monoisotopic (exact) mass is 349 g/mol. The van der Waals surface area contributed by atoms with Gasteiger partial charge in [-0.25, -0.2) is 9.48 Å². The van der Waals surface area contributed by atoms with Crippen molar-refractivity contribution in [1.82, 2.24) is 14.7 Å². The summed E-state index contributed by atoms with van der Waals surface area (Å²) >= 11 is 0. The van der Waals surface area contributed by atoms with Crippen molar-refractivity contribution >= 4 is 11.9 Å². The second kappa shape index (κ2) is 7.65. The Morgan fingerprint density at radius 2 is 1.69 bits per heavy atom. The van der Waals surface area contributed by atoms with Gasteiger partial charge in [-0.3, -0.25) is 4.79 Å². The van der Waals surface area contributed by atoms with Crippen LogP contribution in [0, 0.1) is 0 Å². The van der Waals surface area contributed by atoms with Crippen LogP contribution in [0.25, 0.3) is 5.69 Å². The SMILES string of the molecule is CN(C)C(=O)C(OC(=O)c1ccc(-n2cccn2)cc1)c1ccccc1. The quantitative estimate of drug-likeness (QED) is 0.665. The normalized spacial score (nSPS) is 11.6. The molecule has 0 radical (unpaired) electrons. The van der Waals surface area contributed by atoms with Gasteiger partial charge in [-0.05, 0) is 30.3 Å². The van der Waals surface area contributed by atoms with E-state index >= 15 is 0 Å². The van der Waals surface area contributed by atoms with Crippen molar-refractivity contribution in [2.45, 2.75) is 6.10 Å². The molecule has 0 fully saturated rings. The van der Waals surface area contributed by atoms with Crippen LogP contribution in [-0.2, 0) is 9.53 Å². The van der Waals surface area contributed by atoms with Gasteiger partial charge in [-0.2, -0.15) is 5.10 Å². The van der Waals surface area contributed by atoms with Gasteiger partial charge in [0.2, 0.25) is 6.10 Å². The molecule has 0 spiro atoms. The third-order valence-corrected chi connectivity index (χ3v) is 3.86. The minimum absolute atomic E-state index is 0.294. The van der Waals surface area contributed by atoms with Crippen LogP contribution >= 0.6 is 0 Å². The Hall–Kier alpha value is -3.41. The highest BCUT2D eigenvalue weighted by Gasteiger charge is 2.26. The van der Waals surface area contributed by atoms with Gasteiger partial charge in [-0.1, -0.05) is 30.3 Å². The van der Waals surface area contributed by atoms with Crippen LogP contribution in [0.1, 0.15) is 22.0 Å². The van der Waals surface area contributed by atoms with Gasteiger partial charge in [0.25, 0.3) is 5.91 Å². The van der Waals surface area contributed by atoms with Crippen molar-refractivity contribution < 1.29 is 14.3 Å². The third-order valence-electron chi connectivity index (χ3n) is 3.86. The molecule has 0 aliphatic heterocycles. The highest BCUT2D eigenvalue weighted by Crippen LogP contribution is 2.21. The number of aromatic nitrogens is 2. The van der Waals surface area contributed by atoms with Gasteiger partial charge < -0.3 is 9.64 Å². The predicted molar refractivity (Wildman–Crippen MR) is 96.9 cm³/mol. The zero-order valence-corrected chi connectivity index (χ0v) is 14.6. The molecule has 6 heteroatoms. The number of benzene rings is 2. The van der Waals surface area contributed by atoms with E-state index in [4.69, 9.17) is 4.74 Å². The van der Waals surface area contributed by atoms with E-state index in [0.717, 1.165) is 5.69 Å². The molecule has 2 aromatic carbocycles. The fourth-order valence-electron chi connectivity index (χ4n) is 2.47. The van der Waals surface area contributed by atoms with Gasteiger partial charge in [0.05, 0.1) is 11.3 Å². The van der Waals surface area contributed by atoms with Crippen molar-refractivity contribution in [3.05, 3.63) is 84.2 Å². The summed E-state index contributed by atoms with van der Waals surface area (Å²) < 4.78 is 7.22. The molecular weight excluding hydrogens is 330 g/mol. The molecule has 1 atom stereocenters. The number of carbonyl (C=O) groups excluding carboxylic acids is 2. The van der Waals surface area contributed by atoms with Crippen molar-refractivity contribution in [2.24, 2.45) is 0 Å². The first-order valence-electron chi connectivity index (χ1n) is 8.13. The topological polar surface area (TPSA) is 64.4 Å². The van der Waals surface area contributed by atoms with Crippen LogP contribution in [0.5, 0.6) is 0 Å². The zero-order chi connectivity index (χ0) is 18.5. The van der Waals surface area contributed by atoms with Gasteiger partial charge in [0, 0.05) is 32.1 Å². The summed E-state index contributed by atoms with van der Waals surface area (Å²) in [6, 6.07) is 17.7. The van der Waals surface area contributed by atoms with Crippen molar-refractivity contribution in [1.29, 1.82) is 0 Å². The number of nitrogens with zero attached hydrogens (tertiary/aromatic N) is 3. The molecule has 132 valence electrons. The van der Waals surface area contributed by atoms with E-state index in [9.17, 15) is 9.59 Å². The van der Waals surface area contributed by atoms with Gasteiger partial charge in [-0.15, -0.1) is 0 Å². The standard InChI is InChI=1S/C20H19N3O3/c1-22(2)19(24)18(15-7-4-3-5-8-15)26-20(25)16-9-11-17(12-10-16)23-14-6-13-21-23/h3-14,18H,1-2H3. The molecule has 0 aliphatic carbocycles. The second-order valence-corrected chi connectivity index (χ2v) is 5.93. The number of carbonyl (C=O) groups is 2. The average molecular weight is 349 g/mol. The first kappa shape index (κ1) is 17.4. The summed E-state index contributed by atoms with van der Waals surface area (Å²) in [5, 5.41) is 4.14. The van der Waals surface area contributed by atoms with E-state index in [1.807, 2.05) is 18.3 Å². The molecular formula is C20H19N3O3. The van der Waals surface area contributed by atoms with E-state index in [-0.39, 0.29) is 5.91 Å². The summed E-state index contributed by atoms with van der Waals surface area (Å²) in [5.41, 5.74) is 1.83. The molecule has 1 unspecified atom stereocenters. The van der Waals surface area contributed by atoms with Crippen LogP contribution in [0.4, 0.5) is 0 Å². The summed E-state index contributed by atoms with van der Waals surface area (Å²) in [4.78, 5) is 26.4. The number of hydrogen-bond donors (Lipinski definition) is 0. The molecule has 0 N–H and O–H groups in total. The molecule has 0 saturated heterocycles. The van der Waals surface area contributed by atoms with Gasteiger partial charge >= 0.3 is 5.97 Å². The number of likely N-dealkylation sites (N-methyl/N-ethyl adjacent to an activating group) is 1. The fraction of sp³-hybridized carbons (Fsp3) is 0.150. The molecule has 6 nitrogen and oxygen atoms in total. The van der Waals surface area contributed by atoms with Crippen molar-refractivity contribution in [3.8, 4) is 5.69 Å². The minimum Gasteiger partial charge on any atom is -0.444 e. The third kappa shape index (κ3) is 3.80. The Morgan fingerprint density at radius 1 is 1.00 bits per heavy atom. The number of rotatable bonds is 5. The number of amides is 1. The lowest BCUT2D eigenvalue weighted by Crippen LogP contribution is -2.31. The summed E-state index contributed by atoms with van der Waals surface area (Å²) in [5.74, 6) is -0.848. The zero-order valence-electron chi connectivity index (χ0n) is 14.6. The maximum Gasteiger partial charge on any atom is 0.339 e. The minimum atomic E-state index is -0.982. The lowest BCUT2D eigenvalue weighted by atomic mass is 10.1. The van der Waals surface area contributed by atoms with Crippen LogP contribution in [0.15, 0.2) is 73.1 Å². The maximum atomic E-state index is 12.5. The Morgan fingerprint density at radius 3 is 2.27 bits per heavy atom. The summed E-state index contributed by atoms with van der Waals surface area (Å²) in [6.45, 7) is 0. The molecule has 26 heavy (non-hydrogen) atoms. The highest BCUT2D eigenvalue weighted by atomic mass is 16.5. The van der Waals surface area contributed by atoms with Crippen LogP contribution in [0.3, 0.4) is 0 Å². The van der Waals surface area contributed by atoms with Crippen molar-refractivity contribution in [3.63, 3.8) is 0 Å². The Bertz CT molecular complexity index is 872. The molecule has 0 aliphatic rings. The number of esters is 1. The first-order chi connectivity index (χ1) is 12.6. The highest BCUT2D eigenvalue weighted by molar-refractivity contribution is 5.92. The first-order valence-corrected chi connectivity index (χ1v) is 8.13. The Balaban J connectivity index is 1.80. The maximum absolute atomic E-state index is 12.5. The lowest BCUT2D eigenvalue weighted by Gasteiger charge is -2.21. The van der Waals surface area contributed by atoms with E-state index in [0.29, 0.717) is 11.1 Å². The summed E-state index contributed by atoms with van der Waals surface area (Å²) in [7, 11) is 3.26. The van der Waals surface area contributed by atoms with Crippen LogP contribution in [-0.4, -0.2) is 40.7 Å². The Labute approximate surface area is 151 Å². The van der Waals surface area contributed by atoms with Gasteiger partial charge in [0.15, 0.2) is 0 Å². The number of hydrogen-bond acceptors (Lipinski definition) is 4. The van der Waals surface area contributed by atoms with Crippen molar-refractivity contribution in [2.75, 3.05) is 14.1 Å². The molecule has 1 heterocycles. The van der Waals surface area contributed by atoms with E-state index in [1.54, 1.807) is 73.5 Å². The largest absolute Gasteiger partial charge is 0.444 e. The van der Waals surface area contributed by atoms with E-state index in [1.165, 1.54) is 4.90 Å². The molecule has 0 bridgehead atoms. The lowest BCUT2D eigenvalue weighted by molar-refractivity contribution is -0.138. The number of ether oxygens (including phenoxy) is 1. The molecule has 3 aromatic rings. The summed E-state index contributed by atoms with van der Waals surface area (Å²) in [6.07, 6.45) is 2.51. The molecule has 1 amide bonds. The second-order valence-electron chi connectivity index (χ2n) is 5.93. The smallest absolute Gasteiger partial charge is 0.339 e. The fourth-order valence-corrected chi connectivity index (χ4v) is 2.47. The Kier molecular flexibility index (Phi) is 5.12. The van der Waals surface area contributed by atoms with E-state index < -0.39 is 12.1 Å². The van der Waals surface area contributed by atoms with Crippen LogP contribution in [0.2, 0.25) is 0 Å². The van der Waals surface area contributed by atoms with Crippen LogP contribution < -0.4 is 0 Å². The predicted octanol–water partition coefficient (Wildman–Crippen LogP) is 2.86. The van der Waals surface area contributed by atoms with E-state index in [2.05, 4.69) is 5.10 Å². The molecule has 0 saturated carbocycles. The average Bonchev–Trinajstić information content (AvgIpc) is 3.21.